The topological polar surface area (TPSA) is 56.1 Å². The molecule has 1 heterocycles. The highest BCUT2D eigenvalue weighted by atomic mass is 16.5. The minimum Gasteiger partial charge on any atom is -0.465 e. The van der Waals surface area contributed by atoms with Crippen molar-refractivity contribution in [2.24, 2.45) is 0 Å². The maximum Gasteiger partial charge on any atom is 0.293 e. The second-order valence-corrected chi connectivity index (χ2v) is 6.15. The standard InChI is InChI=1S/C14H23N3O2/c1-14(2,3)17-13(15-4)8-12(16-17)10-5-6-11(7-10)19-9-18/h8-11,15H,5-7H2,1-4H3/t10-,11+/m0/s1. The van der Waals surface area contributed by atoms with E-state index in [1.165, 1.54) is 0 Å². The summed E-state index contributed by atoms with van der Waals surface area (Å²) in [6, 6.07) is 2.11. The lowest BCUT2D eigenvalue weighted by atomic mass is 10.0. The number of nitrogens with zero attached hydrogens (tertiary/aromatic N) is 2. The van der Waals surface area contributed by atoms with Gasteiger partial charge >= 0.3 is 0 Å². The monoisotopic (exact) mass is 265 g/mol. The van der Waals surface area contributed by atoms with Gasteiger partial charge in [-0.2, -0.15) is 5.10 Å². The molecule has 1 fully saturated rings. The molecule has 0 aliphatic heterocycles. The van der Waals surface area contributed by atoms with E-state index < -0.39 is 0 Å². The van der Waals surface area contributed by atoms with Gasteiger partial charge in [-0.25, -0.2) is 4.68 Å². The third-order valence-corrected chi connectivity index (χ3v) is 3.67. The van der Waals surface area contributed by atoms with Crippen LogP contribution in [0.1, 0.15) is 51.6 Å². The van der Waals surface area contributed by atoms with E-state index in [9.17, 15) is 4.79 Å². The van der Waals surface area contributed by atoms with Crippen molar-refractivity contribution in [3.05, 3.63) is 11.8 Å². The van der Waals surface area contributed by atoms with Gasteiger partial charge in [-0.3, -0.25) is 4.79 Å². The van der Waals surface area contributed by atoms with E-state index in [1.807, 2.05) is 11.7 Å². The minimum absolute atomic E-state index is 0.0477. The molecule has 0 bridgehead atoms. The molecular weight excluding hydrogens is 242 g/mol. The summed E-state index contributed by atoms with van der Waals surface area (Å²) >= 11 is 0. The van der Waals surface area contributed by atoms with Gasteiger partial charge in [0.1, 0.15) is 11.9 Å². The van der Waals surface area contributed by atoms with Crippen LogP contribution in [0, 0.1) is 0 Å². The molecule has 5 nitrogen and oxygen atoms in total. The normalized spacial score (nSPS) is 23.4. The van der Waals surface area contributed by atoms with Crippen molar-refractivity contribution in [1.29, 1.82) is 0 Å². The number of carbonyl (C=O) groups excluding carboxylic acids is 1. The van der Waals surface area contributed by atoms with Gasteiger partial charge in [0, 0.05) is 19.0 Å². The van der Waals surface area contributed by atoms with Crippen LogP contribution < -0.4 is 5.32 Å². The van der Waals surface area contributed by atoms with Gasteiger partial charge in [-0.1, -0.05) is 0 Å². The highest BCUT2D eigenvalue weighted by Gasteiger charge is 2.30. The summed E-state index contributed by atoms with van der Waals surface area (Å²) in [5.41, 5.74) is 1.05. The molecule has 2 rings (SSSR count). The van der Waals surface area contributed by atoms with E-state index in [4.69, 9.17) is 9.84 Å². The van der Waals surface area contributed by atoms with Gasteiger partial charge in [0.05, 0.1) is 11.2 Å². The van der Waals surface area contributed by atoms with Crippen molar-refractivity contribution in [3.63, 3.8) is 0 Å². The molecule has 1 aliphatic carbocycles. The van der Waals surface area contributed by atoms with E-state index in [-0.39, 0.29) is 11.6 Å². The van der Waals surface area contributed by atoms with Crippen LogP contribution in [0.4, 0.5) is 5.82 Å². The zero-order valence-corrected chi connectivity index (χ0v) is 12.1. The van der Waals surface area contributed by atoms with Crippen LogP contribution in [0.2, 0.25) is 0 Å². The number of hydrogen-bond acceptors (Lipinski definition) is 4. The number of anilines is 1. The second kappa shape index (κ2) is 5.23. The lowest BCUT2D eigenvalue weighted by Crippen LogP contribution is -2.24. The maximum absolute atomic E-state index is 10.4. The maximum atomic E-state index is 10.4. The molecule has 0 unspecified atom stereocenters. The van der Waals surface area contributed by atoms with Gasteiger partial charge < -0.3 is 10.1 Å². The summed E-state index contributed by atoms with van der Waals surface area (Å²) in [6.07, 6.45) is 2.90. The first kappa shape index (κ1) is 13.9. The SMILES string of the molecule is CNc1cc([C@H]2CC[C@@H](OC=O)C2)nn1C(C)(C)C. The summed E-state index contributed by atoms with van der Waals surface area (Å²) in [7, 11) is 1.91. The van der Waals surface area contributed by atoms with Crippen molar-refractivity contribution in [1.82, 2.24) is 9.78 Å². The van der Waals surface area contributed by atoms with E-state index in [0.717, 1.165) is 30.8 Å². The predicted octanol–water partition coefficient (Wildman–Crippen LogP) is 2.49. The van der Waals surface area contributed by atoms with E-state index in [2.05, 4.69) is 32.2 Å². The van der Waals surface area contributed by atoms with Gasteiger partial charge in [-0.05, 0) is 40.0 Å². The fourth-order valence-electron chi connectivity index (χ4n) is 2.70. The van der Waals surface area contributed by atoms with Crippen molar-refractivity contribution in [2.75, 3.05) is 12.4 Å². The van der Waals surface area contributed by atoms with Crippen LogP contribution in [0.3, 0.4) is 0 Å². The molecular formula is C14H23N3O2. The lowest BCUT2D eigenvalue weighted by Gasteiger charge is -2.22. The first-order valence-corrected chi connectivity index (χ1v) is 6.83. The number of aromatic nitrogens is 2. The molecule has 0 saturated heterocycles. The first-order valence-electron chi connectivity index (χ1n) is 6.83. The average Bonchev–Trinajstić information content (AvgIpc) is 2.93. The molecule has 1 N–H and O–H groups in total. The van der Waals surface area contributed by atoms with E-state index >= 15 is 0 Å². The smallest absolute Gasteiger partial charge is 0.293 e. The Labute approximate surface area is 114 Å². The van der Waals surface area contributed by atoms with E-state index in [1.54, 1.807) is 0 Å². The Morgan fingerprint density at radius 1 is 1.47 bits per heavy atom. The number of hydrogen-bond donors (Lipinski definition) is 1. The first-order chi connectivity index (χ1) is 8.95. The van der Waals surface area contributed by atoms with Crippen molar-refractivity contribution in [3.8, 4) is 0 Å². The predicted molar refractivity (Wildman–Crippen MR) is 74.3 cm³/mol. The molecule has 1 aliphatic rings. The molecule has 0 spiro atoms. The van der Waals surface area contributed by atoms with Crippen LogP contribution in [0.25, 0.3) is 0 Å². The van der Waals surface area contributed by atoms with Crippen LogP contribution >= 0.6 is 0 Å². The number of carbonyl (C=O) groups is 1. The number of rotatable bonds is 4. The van der Waals surface area contributed by atoms with Crippen molar-refractivity contribution >= 4 is 12.3 Å². The Balaban J connectivity index is 2.18. The third kappa shape index (κ3) is 2.91. The summed E-state index contributed by atoms with van der Waals surface area (Å²) < 4.78 is 7.08. The van der Waals surface area contributed by atoms with E-state index in [0.29, 0.717) is 12.4 Å². The molecule has 1 aromatic heterocycles. The third-order valence-electron chi connectivity index (χ3n) is 3.67. The van der Waals surface area contributed by atoms with Gasteiger partial charge in [0.25, 0.3) is 6.47 Å². The van der Waals surface area contributed by atoms with Crippen molar-refractivity contribution in [2.45, 2.75) is 57.6 Å². The quantitative estimate of drug-likeness (QED) is 0.850. The number of nitrogens with one attached hydrogen (secondary N) is 1. The second-order valence-electron chi connectivity index (χ2n) is 6.15. The molecule has 106 valence electrons. The minimum atomic E-state index is -0.0477. The van der Waals surface area contributed by atoms with Crippen LogP contribution in [-0.2, 0) is 15.1 Å². The molecule has 0 amide bonds. The Bertz CT molecular complexity index is 448. The number of ether oxygens (including phenoxy) is 1. The van der Waals surface area contributed by atoms with Gasteiger partial charge in [-0.15, -0.1) is 0 Å². The average molecular weight is 265 g/mol. The fraction of sp³-hybridized carbons (Fsp3) is 0.714. The molecule has 0 radical (unpaired) electrons. The Kier molecular flexibility index (Phi) is 3.83. The highest BCUT2D eigenvalue weighted by molar-refractivity contribution is 5.39. The molecule has 5 heteroatoms. The highest BCUT2D eigenvalue weighted by Crippen LogP contribution is 2.36. The van der Waals surface area contributed by atoms with Gasteiger partial charge in [0.15, 0.2) is 0 Å². The van der Waals surface area contributed by atoms with Crippen molar-refractivity contribution < 1.29 is 9.53 Å². The van der Waals surface area contributed by atoms with Crippen LogP contribution in [0.15, 0.2) is 6.07 Å². The largest absolute Gasteiger partial charge is 0.465 e. The van der Waals surface area contributed by atoms with Crippen LogP contribution in [-0.4, -0.2) is 29.4 Å². The summed E-state index contributed by atoms with van der Waals surface area (Å²) in [6.45, 7) is 6.96. The zero-order chi connectivity index (χ0) is 14.0. The molecule has 1 saturated carbocycles. The Hall–Kier alpha value is -1.52. The molecule has 1 aromatic rings. The summed E-state index contributed by atoms with van der Waals surface area (Å²) in [5, 5.41) is 7.93. The summed E-state index contributed by atoms with van der Waals surface area (Å²) in [4.78, 5) is 10.4. The molecule has 19 heavy (non-hydrogen) atoms. The van der Waals surface area contributed by atoms with Gasteiger partial charge in [0.2, 0.25) is 0 Å². The molecule has 2 atom stereocenters. The summed E-state index contributed by atoms with van der Waals surface area (Å²) in [5.74, 6) is 1.42. The Morgan fingerprint density at radius 2 is 2.21 bits per heavy atom. The van der Waals surface area contributed by atoms with Crippen LogP contribution in [0.5, 0.6) is 0 Å². The fourth-order valence-corrected chi connectivity index (χ4v) is 2.70. The Morgan fingerprint density at radius 3 is 2.74 bits per heavy atom. The lowest BCUT2D eigenvalue weighted by molar-refractivity contribution is -0.133. The zero-order valence-electron chi connectivity index (χ0n) is 12.1. The molecule has 0 aromatic carbocycles.